The molecule has 2 rings (SSSR count). The summed E-state index contributed by atoms with van der Waals surface area (Å²) in [5.41, 5.74) is 2.33. The van der Waals surface area contributed by atoms with Crippen LogP contribution in [0.1, 0.15) is 29.3 Å². The van der Waals surface area contributed by atoms with E-state index in [1.54, 1.807) is 6.07 Å². The Bertz CT molecular complexity index is 514. The second-order valence-electron chi connectivity index (χ2n) is 4.35. The average molecular weight is 311 g/mol. The van der Waals surface area contributed by atoms with Crippen LogP contribution in [0.4, 0.5) is 5.69 Å². The molecule has 0 bridgehead atoms. The van der Waals surface area contributed by atoms with E-state index < -0.39 is 0 Å². The minimum absolute atomic E-state index is 0.156. The van der Waals surface area contributed by atoms with E-state index in [1.165, 1.54) is 11.9 Å². The zero-order valence-corrected chi connectivity index (χ0v) is 12.0. The summed E-state index contributed by atoms with van der Waals surface area (Å²) in [6, 6.07) is 3.68. The highest BCUT2D eigenvalue weighted by molar-refractivity contribution is 9.10. The average Bonchev–Trinajstić information content (AvgIpc) is 2.35. The van der Waals surface area contributed by atoms with Crippen molar-refractivity contribution in [1.29, 1.82) is 0 Å². The van der Waals surface area contributed by atoms with Gasteiger partial charge in [0.05, 0.1) is 6.42 Å². The lowest BCUT2D eigenvalue weighted by atomic mass is 9.98. The summed E-state index contributed by atoms with van der Waals surface area (Å²) in [6.07, 6.45) is 1.30. The molecular weight excluding hydrogens is 296 g/mol. The van der Waals surface area contributed by atoms with Crippen molar-refractivity contribution in [3.63, 3.8) is 0 Å². The third-order valence-electron chi connectivity index (χ3n) is 3.01. The highest BCUT2D eigenvalue weighted by Crippen LogP contribution is 2.30. The van der Waals surface area contributed by atoms with Crippen molar-refractivity contribution in [2.75, 3.05) is 18.9 Å². The third-order valence-corrected chi connectivity index (χ3v) is 3.67. The number of amides is 2. The smallest absolute Gasteiger partial charge is 0.260 e. The van der Waals surface area contributed by atoms with Gasteiger partial charge in [0.25, 0.3) is 5.91 Å². The van der Waals surface area contributed by atoms with Gasteiger partial charge in [0.2, 0.25) is 5.91 Å². The number of fused-ring (bicyclic) bond motifs is 1. The Morgan fingerprint density at radius 3 is 2.78 bits per heavy atom. The number of hydrogen-bond acceptors (Lipinski definition) is 3. The molecule has 1 aromatic carbocycles. The number of carbonyl (C=O) groups excluding carboxylic acids is 2. The molecule has 1 aromatic rings. The number of halogens is 1. The van der Waals surface area contributed by atoms with Gasteiger partial charge in [-0.05, 0) is 40.0 Å². The maximum Gasteiger partial charge on any atom is 0.260 e. The summed E-state index contributed by atoms with van der Waals surface area (Å²) in [4.78, 5) is 24.8. The van der Waals surface area contributed by atoms with Crippen LogP contribution in [-0.4, -0.2) is 30.3 Å². The molecule has 0 saturated heterocycles. The van der Waals surface area contributed by atoms with E-state index in [0.717, 1.165) is 28.7 Å². The lowest BCUT2D eigenvalue weighted by Gasteiger charge is -2.24. The topological polar surface area (TPSA) is 49.4 Å². The Labute approximate surface area is 114 Å². The number of imide groups is 1. The lowest BCUT2D eigenvalue weighted by Crippen LogP contribution is -2.39. The van der Waals surface area contributed by atoms with Gasteiger partial charge in [-0.25, -0.2) is 0 Å². The van der Waals surface area contributed by atoms with Crippen molar-refractivity contribution in [3.8, 4) is 0 Å². The van der Waals surface area contributed by atoms with Crippen molar-refractivity contribution in [3.05, 3.63) is 27.7 Å². The molecular formula is C13H15BrN2O2. The number of nitrogens with zero attached hydrogens (tertiary/aromatic N) is 1. The summed E-state index contributed by atoms with van der Waals surface area (Å²) >= 11 is 3.45. The molecule has 96 valence electrons. The van der Waals surface area contributed by atoms with Gasteiger partial charge in [0.15, 0.2) is 0 Å². The van der Waals surface area contributed by atoms with Crippen LogP contribution >= 0.6 is 15.9 Å². The number of anilines is 1. The summed E-state index contributed by atoms with van der Waals surface area (Å²) < 4.78 is 0.853. The fourth-order valence-corrected chi connectivity index (χ4v) is 2.42. The van der Waals surface area contributed by atoms with Crippen molar-refractivity contribution < 1.29 is 9.59 Å². The number of likely N-dealkylation sites (N-methyl/N-ethyl adjacent to an activating group) is 1. The second-order valence-corrected chi connectivity index (χ2v) is 5.20. The highest BCUT2D eigenvalue weighted by Gasteiger charge is 2.28. The molecule has 0 atom stereocenters. The maximum atomic E-state index is 12.0. The molecule has 0 radical (unpaired) electrons. The van der Waals surface area contributed by atoms with Crippen LogP contribution in [0.3, 0.4) is 0 Å². The molecule has 1 N–H and O–H groups in total. The molecule has 4 nitrogen and oxygen atoms in total. The predicted molar refractivity (Wildman–Crippen MR) is 73.7 cm³/mol. The SMILES string of the molecule is CCCNc1cc2c(cc1Br)C(=O)N(C)C(=O)C2. The van der Waals surface area contributed by atoms with E-state index in [1.807, 2.05) is 6.07 Å². The molecule has 0 spiro atoms. The molecule has 0 aliphatic carbocycles. The van der Waals surface area contributed by atoms with Gasteiger partial charge in [-0.1, -0.05) is 6.92 Å². The molecule has 1 aliphatic rings. The minimum Gasteiger partial charge on any atom is -0.384 e. The van der Waals surface area contributed by atoms with Crippen LogP contribution in [0.2, 0.25) is 0 Å². The highest BCUT2D eigenvalue weighted by atomic mass is 79.9. The first kappa shape index (κ1) is 13.1. The molecule has 0 fully saturated rings. The Morgan fingerprint density at radius 2 is 2.11 bits per heavy atom. The van der Waals surface area contributed by atoms with Gasteiger partial charge in [0, 0.05) is 29.3 Å². The van der Waals surface area contributed by atoms with E-state index in [0.29, 0.717) is 5.56 Å². The van der Waals surface area contributed by atoms with Crippen molar-refractivity contribution in [1.82, 2.24) is 4.90 Å². The summed E-state index contributed by atoms with van der Waals surface area (Å²) in [5, 5.41) is 3.27. The number of benzene rings is 1. The molecule has 0 aromatic heterocycles. The Morgan fingerprint density at radius 1 is 1.39 bits per heavy atom. The molecule has 1 aliphatic heterocycles. The molecule has 5 heteroatoms. The van der Waals surface area contributed by atoms with Crippen LogP contribution in [-0.2, 0) is 11.2 Å². The molecule has 0 saturated carbocycles. The lowest BCUT2D eigenvalue weighted by molar-refractivity contribution is -0.127. The van der Waals surface area contributed by atoms with Crippen LogP contribution in [0, 0.1) is 0 Å². The number of carbonyl (C=O) groups is 2. The largest absolute Gasteiger partial charge is 0.384 e. The van der Waals surface area contributed by atoms with E-state index in [2.05, 4.69) is 28.2 Å². The van der Waals surface area contributed by atoms with Crippen molar-refractivity contribution >= 4 is 33.4 Å². The van der Waals surface area contributed by atoms with Crippen LogP contribution in [0.5, 0.6) is 0 Å². The summed E-state index contributed by atoms with van der Waals surface area (Å²) in [7, 11) is 1.52. The maximum absolute atomic E-state index is 12.0. The predicted octanol–water partition coefficient (Wildman–Crippen LogP) is 2.43. The van der Waals surface area contributed by atoms with E-state index in [9.17, 15) is 9.59 Å². The third kappa shape index (κ3) is 2.27. The summed E-state index contributed by atoms with van der Waals surface area (Å²) in [6.45, 7) is 2.94. The first-order chi connectivity index (χ1) is 8.54. The first-order valence-corrected chi connectivity index (χ1v) is 6.71. The van der Waals surface area contributed by atoms with Crippen molar-refractivity contribution in [2.24, 2.45) is 0 Å². The number of rotatable bonds is 3. The van der Waals surface area contributed by atoms with Crippen molar-refractivity contribution in [2.45, 2.75) is 19.8 Å². The van der Waals surface area contributed by atoms with Crippen LogP contribution in [0.25, 0.3) is 0 Å². The second kappa shape index (κ2) is 5.10. The van der Waals surface area contributed by atoms with Gasteiger partial charge in [-0.2, -0.15) is 0 Å². The molecule has 18 heavy (non-hydrogen) atoms. The van der Waals surface area contributed by atoms with Gasteiger partial charge in [-0.15, -0.1) is 0 Å². The molecule has 1 heterocycles. The molecule has 2 amide bonds. The van der Waals surface area contributed by atoms with E-state index in [-0.39, 0.29) is 18.2 Å². The number of hydrogen-bond donors (Lipinski definition) is 1. The standard InChI is InChI=1S/C13H15BrN2O2/c1-3-4-15-11-5-8-6-12(17)16(2)13(18)9(8)7-10(11)14/h5,7,15H,3-4,6H2,1-2H3. The minimum atomic E-state index is -0.232. The van der Waals surface area contributed by atoms with Gasteiger partial charge in [0.1, 0.15) is 0 Å². The summed E-state index contributed by atoms with van der Waals surface area (Å²) in [5.74, 6) is -0.389. The normalized spacial score (nSPS) is 14.7. The van der Waals surface area contributed by atoms with Crippen LogP contribution in [0.15, 0.2) is 16.6 Å². The fourth-order valence-electron chi connectivity index (χ4n) is 1.93. The van der Waals surface area contributed by atoms with Gasteiger partial charge >= 0.3 is 0 Å². The first-order valence-electron chi connectivity index (χ1n) is 5.91. The quantitative estimate of drug-likeness (QED) is 0.872. The van der Waals surface area contributed by atoms with E-state index >= 15 is 0 Å². The van der Waals surface area contributed by atoms with Crippen LogP contribution < -0.4 is 5.32 Å². The Hall–Kier alpha value is -1.36. The zero-order valence-electron chi connectivity index (χ0n) is 10.4. The Kier molecular flexibility index (Phi) is 3.71. The van der Waals surface area contributed by atoms with Gasteiger partial charge < -0.3 is 5.32 Å². The monoisotopic (exact) mass is 310 g/mol. The zero-order chi connectivity index (χ0) is 13.3. The molecule has 0 unspecified atom stereocenters. The number of nitrogens with one attached hydrogen (secondary N) is 1. The fraction of sp³-hybridized carbons (Fsp3) is 0.385. The van der Waals surface area contributed by atoms with Gasteiger partial charge in [-0.3, -0.25) is 14.5 Å². The Balaban J connectivity index is 2.40. The van der Waals surface area contributed by atoms with E-state index in [4.69, 9.17) is 0 Å².